The number of benzene rings is 2. The normalized spacial score (nSPS) is 27.9. The highest BCUT2D eigenvalue weighted by Gasteiger charge is 2.45. The van der Waals surface area contributed by atoms with Gasteiger partial charge < -0.3 is 55.1 Å². The van der Waals surface area contributed by atoms with Gasteiger partial charge in [-0.3, -0.25) is 4.79 Å². The molecule has 2 unspecified atom stereocenters. The number of carbonyl (C=O) groups is 1. The first-order valence-electron chi connectivity index (χ1n) is 9.64. The predicted molar refractivity (Wildman–Crippen MR) is 107 cm³/mol. The van der Waals surface area contributed by atoms with E-state index in [4.69, 9.17) is 14.2 Å². The van der Waals surface area contributed by atoms with Crippen molar-refractivity contribution in [2.75, 3.05) is 6.61 Å². The number of aliphatic hydroxyl groups excluding tert-OH is 4. The number of ketones is 1. The zero-order chi connectivity index (χ0) is 24.0. The van der Waals surface area contributed by atoms with Gasteiger partial charge in [-0.25, -0.2) is 0 Å². The molecule has 12 heteroatoms. The molecule has 1 saturated heterocycles. The quantitative estimate of drug-likeness (QED) is 0.209. The van der Waals surface area contributed by atoms with Crippen LogP contribution in [0.2, 0.25) is 0 Å². The van der Waals surface area contributed by atoms with Crippen molar-refractivity contribution in [1.29, 1.82) is 0 Å². The number of hydrogen-bond acceptors (Lipinski definition) is 12. The molecule has 0 bridgehead atoms. The Balaban J connectivity index is 1.60. The summed E-state index contributed by atoms with van der Waals surface area (Å²) in [7, 11) is 0. The molecular formula is C21H20O12. The number of hydrogen-bond donors (Lipinski definition) is 8. The van der Waals surface area contributed by atoms with Gasteiger partial charge in [0.25, 0.3) is 0 Å². The van der Waals surface area contributed by atoms with Crippen molar-refractivity contribution in [3.63, 3.8) is 0 Å². The molecule has 0 radical (unpaired) electrons. The molecule has 0 spiro atoms. The number of aromatic hydroxyl groups is 4. The summed E-state index contributed by atoms with van der Waals surface area (Å²) >= 11 is 0. The van der Waals surface area contributed by atoms with Crippen LogP contribution in [-0.4, -0.2) is 83.9 Å². The highest BCUT2D eigenvalue weighted by atomic mass is 16.7. The number of allylic oxidation sites excluding steroid dienone is 1. The van der Waals surface area contributed by atoms with Crippen molar-refractivity contribution in [2.45, 2.75) is 30.7 Å². The number of ether oxygens (including phenoxy) is 3. The molecule has 1 fully saturated rings. The standard InChI is InChI=1S/C21H20O12/c22-6-14-18(28)19(29)20(30)21(33-14)31-8-4-9(23)15-12(5-8)32-13(17(15)27)3-7-1-10(24)16(26)11(25)2-7/h1-5,14,18-26,28-30H,6H2/b13-3+/t14?,18-,19+,20?,21-/m1/s1. The lowest BCUT2D eigenvalue weighted by Crippen LogP contribution is -2.60. The summed E-state index contributed by atoms with van der Waals surface area (Å²) in [4.78, 5) is 12.7. The van der Waals surface area contributed by atoms with Gasteiger partial charge in [0.1, 0.15) is 47.2 Å². The lowest BCUT2D eigenvalue weighted by atomic mass is 9.99. The van der Waals surface area contributed by atoms with Gasteiger partial charge in [0.15, 0.2) is 23.0 Å². The van der Waals surface area contributed by atoms with Crippen LogP contribution in [0.25, 0.3) is 6.08 Å². The number of aliphatic hydroxyl groups is 4. The molecule has 2 aromatic carbocycles. The van der Waals surface area contributed by atoms with Gasteiger partial charge in [0.05, 0.1) is 6.61 Å². The molecule has 33 heavy (non-hydrogen) atoms. The van der Waals surface area contributed by atoms with Crippen LogP contribution >= 0.6 is 0 Å². The van der Waals surface area contributed by atoms with Crippen molar-refractivity contribution < 1.29 is 59.9 Å². The maximum atomic E-state index is 12.7. The summed E-state index contributed by atoms with van der Waals surface area (Å²) in [5.41, 5.74) is -0.0779. The van der Waals surface area contributed by atoms with Crippen LogP contribution in [0.3, 0.4) is 0 Å². The Morgan fingerprint density at radius 3 is 2.21 bits per heavy atom. The van der Waals surface area contributed by atoms with E-state index < -0.39 is 66.1 Å². The maximum Gasteiger partial charge on any atom is 0.235 e. The maximum absolute atomic E-state index is 12.7. The first-order chi connectivity index (χ1) is 15.6. The Morgan fingerprint density at radius 1 is 0.909 bits per heavy atom. The van der Waals surface area contributed by atoms with E-state index >= 15 is 0 Å². The van der Waals surface area contributed by atoms with Gasteiger partial charge in [0, 0.05) is 12.1 Å². The van der Waals surface area contributed by atoms with Crippen molar-refractivity contribution in [1.82, 2.24) is 0 Å². The van der Waals surface area contributed by atoms with E-state index in [0.29, 0.717) is 0 Å². The van der Waals surface area contributed by atoms with E-state index in [1.54, 1.807) is 0 Å². The molecule has 0 aromatic heterocycles. The molecule has 8 N–H and O–H groups in total. The topological polar surface area (TPSA) is 207 Å². The first-order valence-corrected chi connectivity index (χ1v) is 9.64. The number of rotatable bonds is 4. The largest absolute Gasteiger partial charge is 0.507 e. The molecule has 0 aliphatic carbocycles. The summed E-state index contributed by atoms with van der Waals surface area (Å²) in [5, 5.41) is 78.1. The Bertz CT molecular complexity index is 1100. The van der Waals surface area contributed by atoms with Crippen LogP contribution in [0.1, 0.15) is 15.9 Å². The SMILES string of the molecule is O=C1/C(=C\c2cc(O)c(O)c(O)c2)Oc2cc(O[C@@H]3OC(CO)[C@@H](O)[C@H](O)C3O)cc(O)c21. The Morgan fingerprint density at radius 2 is 1.58 bits per heavy atom. The van der Waals surface area contributed by atoms with E-state index in [1.165, 1.54) is 12.1 Å². The third-order valence-corrected chi connectivity index (χ3v) is 5.22. The average Bonchev–Trinajstić information content (AvgIpc) is 3.07. The minimum atomic E-state index is -1.69. The monoisotopic (exact) mass is 464 g/mol. The van der Waals surface area contributed by atoms with Gasteiger partial charge in [0.2, 0.25) is 12.1 Å². The van der Waals surface area contributed by atoms with Gasteiger partial charge in [-0.05, 0) is 23.8 Å². The zero-order valence-corrected chi connectivity index (χ0v) is 16.7. The molecule has 0 amide bonds. The second-order valence-corrected chi connectivity index (χ2v) is 7.48. The van der Waals surface area contributed by atoms with Crippen LogP contribution in [0.4, 0.5) is 0 Å². The van der Waals surface area contributed by atoms with Gasteiger partial charge in [-0.2, -0.15) is 0 Å². The van der Waals surface area contributed by atoms with E-state index in [1.807, 2.05) is 0 Å². The third-order valence-electron chi connectivity index (χ3n) is 5.22. The second-order valence-electron chi connectivity index (χ2n) is 7.48. The summed E-state index contributed by atoms with van der Waals surface area (Å²) in [6.07, 6.45) is -6.50. The van der Waals surface area contributed by atoms with E-state index in [2.05, 4.69) is 0 Å². The number of Topliss-reactive ketones (excluding diaryl/α,β-unsaturated/α-hetero) is 1. The number of phenolic OH excluding ortho intramolecular Hbond substituents is 4. The smallest absolute Gasteiger partial charge is 0.235 e. The minimum absolute atomic E-state index is 0.113. The zero-order valence-electron chi connectivity index (χ0n) is 16.7. The molecule has 2 heterocycles. The van der Waals surface area contributed by atoms with Gasteiger partial charge >= 0.3 is 0 Å². The molecule has 4 rings (SSSR count). The van der Waals surface area contributed by atoms with Crippen molar-refractivity contribution >= 4 is 11.9 Å². The number of carbonyl (C=O) groups excluding carboxylic acids is 1. The van der Waals surface area contributed by atoms with Crippen LogP contribution < -0.4 is 9.47 Å². The molecular weight excluding hydrogens is 444 g/mol. The highest BCUT2D eigenvalue weighted by molar-refractivity contribution is 6.16. The summed E-state index contributed by atoms with van der Waals surface area (Å²) in [6.45, 7) is -0.658. The summed E-state index contributed by atoms with van der Waals surface area (Å²) in [5.74, 6) is -3.72. The first kappa shape index (κ1) is 22.6. The second kappa shape index (κ2) is 8.42. The fraction of sp³-hybridized carbons (Fsp3) is 0.286. The average molecular weight is 464 g/mol. The lowest BCUT2D eigenvalue weighted by molar-refractivity contribution is -0.277. The molecule has 2 aliphatic rings. The van der Waals surface area contributed by atoms with Crippen LogP contribution in [0.15, 0.2) is 30.0 Å². The Kier molecular flexibility index (Phi) is 5.78. The molecule has 2 aromatic rings. The molecule has 176 valence electrons. The van der Waals surface area contributed by atoms with E-state index in [-0.39, 0.29) is 28.4 Å². The van der Waals surface area contributed by atoms with Gasteiger partial charge in [-0.15, -0.1) is 0 Å². The summed E-state index contributed by atoms with van der Waals surface area (Å²) in [6, 6.07) is 4.41. The van der Waals surface area contributed by atoms with Gasteiger partial charge in [-0.1, -0.05) is 0 Å². The predicted octanol–water partition coefficient (Wildman–Crippen LogP) is -0.696. The van der Waals surface area contributed by atoms with Crippen LogP contribution in [0.5, 0.6) is 34.5 Å². The fourth-order valence-corrected chi connectivity index (χ4v) is 3.49. The number of fused-ring (bicyclic) bond motifs is 1. The Hall–Kier alpha value is -3.55. The van der Waals surface area contributed by atoms with Crippen LogP contribution in [-0.2, 0) is 4.74 Å². The third kappa shape index (κ3) is 4.01. The number of phenols is 4. The van der Waals surface area contributed by atoms with E-state index in [0.717, 1.165) is 18.2 Å². The van der Waals surface area contributed by atoms with E-state index in [9.17, 15) is 45.6 Å². The van der Waals surface area contributed by atoms with Crippen molar-refractivity contribution in [3.05, 3.63) is 41.2 Å². The molecule has 12 nitrogen and oxygen atoms in total. The molecule has 5 atom stereocenters. The van der Waals surface area contributed by atoms with Crippen LogP contribution in [0, 0.1) is 0 Å². The summed E-state index contributed by atoms with van der Waals surface area (Å²) < 4.78 is 16.1. The fourth-order valence-electron chi connectivity index (χ4n) is 3.49. The minimum Gasteiger partial charge on any atom is -0.507 e. The molecule has 0 saturated carbocycles. The lowest BCUT2D eigenvalue weighted by Gasteiger charge is -2.39. The highest BCUT2D eigenvalue weighted by Crippen LogP contribution is 2.42. The van der Waals surface area contributed by atoms with Crippen molar-refractivity contribution in [2.24, 2.45) is 0 Å². The van der Waals surface area contributed by atoms with Crippen molar-refractivity contribution in [3.8, 4) is 34.5 Å². The Labute approximate surface area is 185 Å². The molecule has 2 aliphatic heterocycles.